The molecule has 0 amide bonds. The van der Waals surface area contributed by atoms with Gasteiger partial charge in [-0.05, 0) is 0 Å². The van der Waals surface area contributed by atoms with Crippen LogP contribution in [0.3, 0.4) is 0 Å². The van der Waals surface area contributed by atoms with Gasteiger partial charge in [0.15, 0.2) is 0 Å². The van der Waals surface area contributed by atoms with E-state index in [4.69, 9.17) is 40.9 Å². The second-order valence-electron chi connectivity index (χ2n) is 4.01. The minimum absolute atomic E-state index is 0. The predicted molar refractivity (Wildman–Crippen MR) is 80.4 cm³/mol. The van der Waals surface area contributed by atoms with Gasteiger partial charge in [0, 0.05) is 0 Å². The van der Waals surface area contributed by atoms with Crippen LogP contribution < -0.4 is 10.2 Å². The average molecular weight is 442 g/mol. The number of hydrogen-bond donors (Lipinski definition) is 8. The molecule has 0 heterocycles. The molecule has 0 spiro atoms. The molecule has 0 aromatic rings. The zero-order chi connectivity index (χ0) is 18.0. The van der Waals surface area contributed by atoms with Crippen molar-refractivity contribution >= 4 is 49.7 Å². The van der Waals surface area contributed by atoms with Crippen LogP contribution >= 0.6 is 0 Å². The molecule has 0 rings (SSSR count). The summed E-state index contributed by atoms with van der Waals surface area (Å²) in [5, 5.41) is 87.7. The van der Waals surface area contributed by atoms with E-state index in [1.165, 1.54) is 0 Å². The standard InChI is InChI=1S/2C5H10O6.Ca.4H2O/c2*6-1-2(7)3(8)4(9)5(10)11;;;;;/h2*2-4,6-9H,1H2,(H,10,11);;4*1H2/q;;+2;;;;/p-2/t2*2-,3-,4+;;;;;/m00...../s1. The van der Waals surface area contributed by atoms with Gasteiger partial charge in [-0.2, -0.15) is 0 Å². The summed E-state index contributed by atoms with van der Waals surface area (Å²) in [7, 11) is 0. The van der Waals surface area contributed by atoms with Crippen LogP contribution in [0.2, 0.25) is 0 Å². The third-order valence-electron chi connectivity index (χ3n) is 2.29. The molecule has 27 heavy (non-hydrogen) atoms. The molecule has 0 aliphatic heterocycles. The molecular formula is C10H26CaO16. The first kappa shape index (κ1) is 45.5. The average Bonchev–Trinajstić information content (AvgIpc) is 2.50. The minimum Gasteiger partial charge on any atom is -0.547 e. The van der Waals surface area contributed by atoms with Gasteiger partial charge in [-0.1, -0.05) is 0 Å². The fourth-order valence-corrected chi connectivity index (χ4v) is 0.916. The summed E-state index contributed by atoms with van der Waals surface area (Å²) >= 11 is 0. The second kappa shape index (κ2) is 23.8. The molecule has 0 aromatic carbocycles. The van der Waals surface area contributed by atoms with Gasteiger partial charge in [-0.3, -0.25) is 0 Å². The molecule has 6 atom stereocenters. The Kier molecular flexibility index (Phi) is 40.0. The Hall–Kier alpha value is -0.280. The third kappa shape index (κ3) is 18.8. The molecular weight excluding hydrogens is 416 g/mol. The van der Waals surface area contributed by atoms with Gasteiger partial charge in [0.25, 0.3) is 0 Å². The topological polar surface area (TPSA) is 368 Å². The van der Waals surface area contributed by atoms with Crippen LogP contribution in [0.1, 0.15) is 0 Å². The molecule has 0 aliphatic rings. The van der Waals surface area contributed by atoms with Crippen molar-refractivity contribution in [2.45, 2.75) is 36.6 Å². The van der Waals surface area contributed by atoms with Gasteiger partial charge in [0.2, 0.25) is 0 Å². The van der Waals surface area contributed by atoms with Crippen molar-refractivity contribution in [2.24, 2.45) is 0 Å². The number of aliphatic hydroxyl groups is 8. The van der Waals surface area contributed by atoms with Crippen LogP contribution in [0.4, 0.5) is 0 Å². The normalized spacial score (nSPS) is 15.4. The molecule has 0 bridgehead atoms. The van der Waals surface area contributed by atoms with E-state index in [-0.39, 0.29) is 59.6 Å². The number of carboxylic acid groups (broad SMARTS) is 2. The number of aliphatic carboxylic acids is 2. The molecule has 0 saturated heterocycles. The summed E-state index contributed by atoms with van der Waals surface area (Å²) in [5.74, 6) is -3.80. The van der Waals surface area contributed by atoms with E-state index in [2.05, 4.69) is 0 Å². The van der Waals surface area contributed by atoms with Crippen molar-refractivity contribution in [3.8, 4) is 0 Å². The Labute approximate surface area is 181 Å². The number of carboxylic acids is 2. The fraction of sp³-hybridized carbons (Fsp3) is 0.800. The Morgan fingerprint density at radius 2 is 0.815 bits per heavy atom. The van der Waals surface area contributed by atoms with Crippen LogP contribution in [-0.4, -0.2) is 162 Å². The van der Waals surface area contributed by atoms with E-state index < -0.39 is 61.8 Å². The summed E-state index contributed by atoms with van der Waals surface area (Å²) < 4.78 is 0. The van der Waals surface area contributed by atoms with Gasteiger partial charge in [0.1, 0.15) is 36.6 Å². The SMILES string of the molecule is O.O.O.O.O=C([O-])[C@H](O)[C@@H](O)[C@@H](O)CO.O=C([O-])[C@H](O)[C@@H](O)[C@@H](O)CO.[Ca+2]. The summed E-state index contributed by atoms with van der Waals surface area (Å²) in [5.41, 5.74) is 0. The molecule has 0 radical (unpaired) electrons. The monoisotopic (exact) mass is 442 g/mol. The maximum atomic E-state index is 9.85. The largest absolute Gasteiger partial charge is 2.00 e. The molecule has 0 saturated carbocycles. The van der Waals surface area contributed by atoms with Crippen LogP contribution in [-0.2, 0) is 9.59 Å². The number of rotatable bonds is 8. The van der Waals surface area contributed by atoms with E-state index in [0.29, 0.717) is 0 Å². The Bertz CT molecular complexity index is 311. The molecule has 16 nitrogen and oxygen atoms in total. The minimum atomic E-state index is -2.18. The summed E-state index contributed by atoms with van der Waals surface area (Å²) in [6.45, 7) is -1.66. The van der Waals surface area contributed by atoms with Crippen LogP contribution in [0.5, 0.6) is 0 Å². The molecule has 164 valence electrons. The maximum Gasteiger partial charge on any atom is 2.00 e. The number of carbonyl (C=O) groups excluding carboxylic acids is 2. The number of aliphatic hydroxyl groups excluding tert-OH is 8. The van der Waals surface area contributed by atoms with Crippen LogP contribution in [0.25, 0.3) is 0 Å². The maximum absolute atomic E-state index is 9.85. The summed E-state index contributed by atoms with van der Waals surface area (Å²) in [4.78, 5) is 19.7. The van der Waals surface area contributed by atoms with E-state index in [0.717, 1.165) is 0 Å². The molecule has 0 fully saturated rings. The van der Waals surface area contributed by atoms with E-state index >= 15 is 0 Å². The van der Waals surface area contributed by atoms with Crippen LogP contribution in [0.15, 0.2) is 0 Å². The molecule has 0 unspecified atom stereocenters. The Morgan fingerprint density at radius 3 is 0.926 bits per heavy atom. The predicted octanol–water partition coefficient (Wildman–Crippen LogP) is -12.1. The zero-order valence-corrected chi connectivity index (χ0v) is 16.0. The van der Waals surface area contributed by atoms with Gasteiger partial charge >= 0.3 is 37.7 Å². The molecule has 16 N–H and O–H groups in total. The van der Waals surface area contributed by atoms with Crippen LogP contribution in [0, 0.1) is 0 Å². The summed E-state index contributed by atoms with van der Waals surface area (Å²) in [6, 6.07) is 0. The van der Waals surface area contributed by atoms with Gasteiger partial charge in [0.05, 0.1) is 25.2 Å². The fourth-order valence-electron chi connectivity index (χ4n) is 0.916. The quantitative estimate of drug-likeness (QED) is 0.162. The third-order valence-corrected chi connectivity index (χ3v) is 2.29. The number of hydrogen-bond acceptors (Lipinski definition) is 12. The summed E-state index contributed by atoms with van der Waals surface area (Å²) in [6.07, 6.45) is -11.6. The first-order valence-electron chi connectivity index (χ1n) is 5.73. The van der Waals surface area contributed by atoms with E-state index in [1.54, 1.807) is 0 Å². The van der Waals surface area contributed by atoms with E-state index in [9.17, 15) is 19.8 Å². The van der Waals surface area contributed by atoms with E-state index in [1.807, 2.05) is 0 Å². The first-order chi connectivity index (χ1) is 10.0. The zero-order valence-electron chi connectivity index (χ0n) is 13.8. The smallest absolute Gasteiger partial charge is 0.547 e. The van der Waals surface area contributed by atoms with Crippen molar-refractivity contribution in [2.75, 3.05) is 13.2 Å². The molecule has 0 aliphatic carbocycles. The molecule has 17 heteroatoms. The first-order valence-corrected chi connectivity index (χ1v) is 5.73. The van der Waals surface area contributed by atoms with Gasteiger partial charge in [-0.15, -0.1) is 0 Å². The van der Waals surface area contributed by atoms with Crippen molar-refractivity contribution in [1.82, 2.24) is 0 Å². The van der Waals surface area contributed by atoms with Crippen molar-refractivity contribution in [1.29, 1.82) is 0 Å². The Morgan fingerprint density at radius 1 is 0.630 bits per heavy atom. The second-order valence-corrected chi connectivity index (χ2v) is 4.01. The van der Waals surface area contributed by atoms with Gasteiger partial charge in [-0.25, -0.2) is 0 Å². The van der Waals surface area contributed by atoms with Crippen molar-refractivity contribution in [3.05, 3.63) is 0 Å². The number of carbonyl (C=O) groups is 2. The van der Waals surface area contributed by atoms with Crippen molar-refractivity contribution in [3.63, 3.8) is 0 Å². The Balaban J connectivity index is -0.0000000500. The van der Waals surface area contributed by atoms with Gasteiger partial charge < -0.3 is 82.6 Å². The molecule has 0 aromatic heterocycles. The van der Waals surface area contributed by atoms with Crippen molar-refractivity contribution < 1.29 is 82.6 Å².